The Labute approximate surface area is 195 Å². The minimum atomic E-state index is -0.0962. The molecule has 8 nitrogen and oxygen atoms in total. The molecule has 0 fully saturated rings. The highest BCUT2D eigenvalue weighted by Gasteiger charge is 2.27. The minimum absolute atomic E-state index is 0.0819. The lowest BCUT2D eigenvalue weighted by Gasteiger charge is -2.20. The Bertz CT molecular complexity index is 950. The maximum Gasteiger partial charge on any atom is 0.389 e. The van der Waals surface area contributed by atoms with Crippen molar-refractivity contribution in [2.24, 2.45) is 5.10 Å². The molecule has 8 heteroatoms. The van der Waals surface area contributed by atoms with Crippen molar-refractivity contribution >= 4 is 23.7 Å². The molecule has 2 amide bonds. The molecule has 1 aromatic carbocycles. The number of benzene rings is 1. The van der Waals surface area contributed by atoms with E-state index < -0.39 is 0 Å². The summed E-state index contributed by atoms with van der Waals surface area (Å²) in [5.41, 5.74) is 1.80. The maximum absolute atomic E-state index is 12.5. The predicted octanol–water partition coefficient (Wildman–Crippen LogP) is 2.01. The first kappa shape index (κ1) is 24.4. The average Bonchev–Trinajstić information content (AvgIpc) is 3.28. The summed E-state index contributed by atoms with van der Waals surface area (Å²) in [6, 6.07) is 7.79. The number of ether oxygens (including phenoxy) is 2. The molecule has 0 spiro atoms. The van der Waals surface area contributed by atoms with E-state index in [2.05, 4.69) is 5.10 Å². The molecule has 1 atom stereocenters. The number of amides is 2. The normalized spacial score (nSPS) is 18.5. The van der Waals surface area contributed by atoms with Crippen molar-refractivity contribution in [3.05, 3.63) is 67.1 Å². The molecule has 1 aromatic rings. The Hall–Kier alpha value is -3.26. The monoisotopic (exact) mass is 451 g/mol. The number of carbonyl (C=O) groups excluding carboxylic acids is 2. The largest absolute Gasteiger partial charge is 0.492 e. The number of rotatable bonds is 10. The number of likely N-dealkylation sites (N-methyl/N-ethyl adjacent to an activating group) is 1. The van der Waals surface area contributed by atoms with Crippen LogP contribution in [0.1, 0.15) is 12.0 Å². The van der Waals surface area contributed by atoms with E-state index in [1.54, 1.807) is 31.8 Å². The second-order valence-corrected chi connectivity index (χ2v) is 7.87. The molecule has 33 heavy (non-hydrogen) atoms. The first-order valence-corrected chi connectivity index (χ1v) is 10.9. The summed E-state index contributed by atoms with van der Waals surface area (Å²) in [6.45, 7) is 4.98. The lowest BCUT2D eigenvalue weighted by molar-refractivity contribution is -0.417. The minimum Gasteiger partial charge on any atom is -0.492 e. The van der Waals surface area contributed by atoms with Crippen LogP contribution in [0, 0.1) is 19.9 Å². The molecule has 0 saturated heterocycles. The van der Waals surface area contributed by atoms with Crippen LogP contribution < -0.4 is 4.74 Å². The highest BCUT2D eigenvalue weighted by atomic mass is 16.5. The van der Waals surface area contributed by atoms with Crippen molar-refractivity contribution in [3.63, 3.8) is 0 Å². The number of allylic oxidation sites excluding steroid dienone is 2. The summed E-state index contributed by atoms with van der Waals surface area (Å²) < 4.78 is 12.9. The van der Waals surface area contributed by atoms with E-state index in [-0.39, 0.29) is 30.9 Å². The topological polar surface area (TPSA) is 74.5 Å². The molecule has 1 unspecified atom stereocenters. The molecular formula is C25H31N4O4+. The zero-order valence-electron chi connectivity index (χ0n) is 19.4. The van der Waals surface area contributed by atoms with Gasteiger partial charge >= 0.3 is 5.91 Å². The number of hydrogen-bond donors (Lipinski definition) is 0. The summed E-state index contributed by atoms with van der Waals surface area (Å²) in [5.74, 6) is 0.605. The van der Waals surface area contributed by atoms with Gasteiger partial charge in [-0.25, -0.2) is 4.79 Å². The molecule has 0 bridgehead atoms. The van der Waals surface area contributed by atoms with Crippen LogP contribution in [0.3, 0.4) is 0 Å². The first-order chi connectivity index (χ1) is 15.9. The molecule has 1 aliphatic carbocycles. The van der Waals surface area contributed by atoms with Crippen LogP contribution in [0.25, 0.3) is 0 Å². The van der Waals surface area contributed by atoms with Crippen LogP contribution in [-0.2, 0) is 14.3 Å². The smallest absolute Gasteiger partial charge is 0.389 e. The summed E-state index contributed by atoms with van der Waals surface area (Å²) >= 11 is 0. The van der Waals surface area contributed by atoms with Crippen molar-refractivity contribution in [1.29, 1.82) is 0 Å². The van der Waals surface area contributed by atoms with E-state index in [1.165, 1.54) is 15.1 Å². The number of hydrazone groups is 1. The standard InChI is InChI=1S/C25H31N4O4/c1-20-9-11-23(12-10-20)33-16-14-27(2)25(31)19-29-18-21(17-26-29)28(3)24(30)13-15-32-22-7-5-4-6-8-22/h4-12,17-18,22H,13-16,19H2,1-3H3/q+1. The molecule has 0 saturated carbocycles. The maximum atomic E-state index is 12.5. The van der Waals surface area contributed by atoms with Crippen LogP contribution >= 0.6 is 0 Å². The summed E-state index contributed by atoms with van der Waals surface area (Å²) in [6.07, 6.45) is 11.4. The number of aryl methyl sites for hydroxylation is 1. The summed E-state index contributed by atoms with van der Waals surface area (Å²) in [7, 11) is 3.42. The van der Waals surface area contributed by atoms with Gasteiger partial charge in [-0.1, -0.05) is 42.0 Å². The Kier molecular flexibility index (Phi) is 8.95. The van der Waals surface area contributed by atoms with Crippen LogP contribution in [0.15, 0.2) is 53.7 Å². The fourth-order valence-corrected chi connectivity index (χ4v) is 3.11. The molecule has 174 valence electrons. The fraction of sp³-hybridized carbons (Fsp3) is 0.360. The van der Waals surface area contributed by atoms with Gasteiger partial charge in [0.05, 0.1) is 25.7 Å². The van der Waals surface area contributed by atoms with Gasteiger partial charge in [-0.3, -0.25) is 9.80 Å². The van der Waals surface area contributed by atoms with Gasteiger partial charge in [-0.05, 0) is 19.1 Å². The average molecular weight is 452 g/mol. The summed E-state index contributed by atoms with van der Waals surface area (Å²) in [4.78, 5) is 26.6. The van der Waals surface area contributed by atoms with Gasteiger partial charge in [0.25, 0.3) is 0 Å². The molecule has 2 radical (unpaired) electrons. The van der Waals surface area contributed by atoms with Crippen LogP contribution in [0.2, 0.25) is 0 Å². The van der Waals surface area contributed by atoms with E-state index in [0.29, 0.717) is 25.5 Å². The third kappa shape index (κ3) is 7.68. The molecule has 2 aliphatic rings. The van der Waals surface area contributed by atoms with Crippen LogP contribution in [0.5, 0.6) is 5.75 Å². The van der Waals surface area contributed by atoms with Gasteiger partial charge in [-0.2, -0.15) is 9.68 Å². The Morgan fingerprint density at radius 1 is 1.15 bits per heavy atom. The van der Waals surface area contributed by atoms with Crippen molar-refractivity contribution < 1.29 is 23.6 Å². The van der Waals surface area contributed by atoms with Gasteiger partial charge in [-0.15, -0.1) is 0 Å². The third-order valence-electron chi connectivity index (χ3n) is 5.27. The van der Waals surface area contributed by atoms with Gasteiger partial charge in [0, 0.05) is 13.5 Å². The Morgan fingerprint density at radius 2 is 1.94 bits per heavy atom. The molecular weight excluding hydrogens is 420 g/mol. The van der Waals surface area contributed by atoms with Crippen LogP contribution in [0.4, 0.5) is 0 Å². The second-order valence-electron chi connectivity index (χ2n) is 7.87. The van der Waals surface area contributed by atoms with E-state index in [9.17, 15) is 9.59 Å². The first-order valence-electron chi connectivity index (χ1n) is 10.9. The molecule has 0 N–H and O–H groups in total. The molecule has 1 heterocycles. The lowest BCUT2D eigenvalue weighted by atomic mass is 10.1. The fourth-order valence-electron chi connectivity index (χ4n) is 3.11. The van der Waals surface area contributed by atoms with Crippen LogP contribution in [-0.4, -0.2) is 84.7 Å². The molecule has 0 aromatic heterocycles. The second kappa shape index (κ2) is 12.1. The molecule has 3 rings (SSSR count). The number of carbonyl (C=O) groups is 2. The van der Waals surface area contributed by atoms with Gasteiger partial charge < -0.3 is 14.4 Å². The number of hydrogen-bond acceptors (Lipinski definition) is 6. The highest BCUT2D eigenvalue weighted by molar-refractivity contribution is 6.34. The van der Waals surface area contributed by atoms with E-state index in [4.69, 9.17) is 9.47 Å². The number of nitrogens with zero attached hydrogens (tertiary/aromatic N) is 4. The van der Waals surface area contributed by atoms with E-state index >= 15 is 0 Å². The third-order valence-corrected chi connectivity index (χ3v) is 5.27. The summed E-state index contributed by atoms with van der Waals surface area (Å²) in [5, 5.41) is 5.75. The van der Waals surface area contributed by atoms with E-state index in [0.717, 1.165) is 5.75 Å². The molecule has 1 aliphatic heterocycles. The van der Waals surface area contributed by atoms with Crippen molar-refractivity contribution in [3.8, 4) is 5.75 Å². The zero-order chi connectivity index (χ0) is 23.6. The SMILES string of the molecule is Cc1ccc(OCCN(C)C(=O)CN2[CH]C(=[N+](C)C(=O)CCOC3[CH]C=CC=C3)C=N2)cc1. The lowest BCUT2D eigenvalue weighted by Crippen LogP contribution is -2.37. The van der Waals surface area contributed by atoms with Gasteiger partial charge in [0.15, 0.2) is 6.54 Å². The quantitative estimate of drug-likeness (QED) is 0.509. The van der Waals surface area contributed by atoms with Gasteiger partial charge in [0.2, 0.25) is 11.6 Å². The Balaban J connectivity index is 1.37. The van der Waals surface area contributed by atoms with E-state index in [1.807, 2.05) is 61.9 Å². The van der Waals surface area contributed by atoms with Crippen molar-refractivity contribution in [2.75, 3.05) is 40.4 Å². The highest BCUT2D eigenvalue weighted by Crippen LogP contribution is 2.11. The zero-order valence-corrected chi connectivity index (χ0v) is 19.4. The van der Waals surface area contributed by atoms with Gasteiger partial charge in [0.1, 0.15) is 32.2 Å². The predicted molar refractivity (Wildman–Crippen MR) is 127 cm³/mol. The van der Waals surface area contributed by atoms with Crippen molar-refractivity contribution in [1.82, 2.24) is 9.91 Å². The van der Waals surface area contributed by atoms with Crippen molar-refractivity contribution in [2.45, 2.75) is 19.4 Å². The Morgan fingerprint density at radius 3 is 2.67 bits per heavy atom.